The van der Waals surface area contributed by atoms with E-state index in [1.807, 2.05) is 48.7 Å². The number of aliphatic imine (C=N–C) groups is 2. The molecule has 3 aromatic carbocycles. The molecule has 5 heterocycles. The lowest BCUT2D eigenvalue weighted by atomic mass is 9.98. The summed E-state index contributed by atoms with van der Waals surface area (Å²) in [5.74, 6) is 1.50. The van der Waals surface area contributed by atoms with Gasteiger partial charge in [0.1, 0.15) is 47.3 Å². The lowest BCUT2D eigenvalue weighted by Crippen LogP contribution is -2.49. The van der Waals surface area contributed by atoms with Gasteiger partial charge in [0.05, 0.1) is 29.0 Å². The molecule has 5 aromatic rings. The molecule has 0 spiro atoms. The number of fused-ring (bicyclic) bond motifs is 8. The van der Waals surface area contributed by atoms with Crippen LogP contribution < -0.4 is 18.9 Å². The maximum Gasteiger partial charge on any atom is 0.345 e. The Hall–Kier alpha value is -5.54. The van der Waals surface area contributed by atoms with Gasteiger partial charge in [-0.2, -0.15) is 0 Å². The van der Waals surface area contributed by atoms with Crippen molar-refractivity contribution in [2.24, 2.45) is 9.98 Å². The Morgan fingerprint density at radius 1 is 1.05 bits per heavy atom. The minimum atomic E-state index is -1.38. The van der Waals surface area contributed by atoms with Crippen molar-refractivity contribution in [2.75, 3.05) is 60.5 Å². The zero-order valence-corrected chi connectivity index (χ0v) is 34.4. The third-order valence-electron chi connectivity index (χ3n) is 10.2. The van der Waals surface area contributed by atoms with Crippen LogP contribution in [0.4, 0.5) is 5.00 Å². The second-order valence-corrected chi connectivity index (χ2v) is 15.2. The number of rotatable bonds is 9. The molecule has 302 valence electrons. The second kappa shape index (κ2) is 18.4. The van der Waals surface area contributed by atoms with Crippen LogP contribution in [0.3, 0.4) is 0 Å². The van der Waals surface area contributed by atoms with Crippen LogP contribution >= 0.6 is 22.9 Å². The highest BCUT2D eigenvalue weighted by Crippen LogP contribution is 2.43. The number of nitrogens with zero attached hydrogens (tertiary/aromatic N) is 6. The van der Waals surface area contributed by atoms with Crippen LogP contribution in [0.5, 0.6) is 23.0 Å². The summed E-state index contributed by atoms with van der Waals surface area (Å²) in [6.07, 6.45) is -0.197. The molecule has 1 saturated heterocycles. The molecule has 3 aliphatic heterocycles. The van der Waals surface area contributed by atoms with E-state index in [0.717, 1.165) is 48.4 Å². The third kappa shape index (κ3) is 9.10. The Bertz CT molecular complexity index is 2310. The van der Waals surface area contributed by atoms with E-state index in [1.54, 1.807) is 44.6 Å². The van der Waals surface area contributed by atoms with Gasteiger partial charge < -0.3 is 33.7 Å². The lowest BCUT2D eigenvalue weighted by Gasteiger charge is -2.34. The second-order valence-electron chi connectivity index (χ2n) is 14.0. The van der Waals surface area contributed by atoms with Crippen LogP contribution in [0.15, 0.2) is 82.2 Å². The first-order chi connectivity index (χ1) is 28.1. The Morgan fingerprint density at radius 3 is 2.62 bits per heavy atom. The maximum absolute atomic E-state index is 13.0. The van der Waals surface area contributed by atoms with Crippen LogP contribution in [0, 0.1) is 6.92 Å². The summed E-state index contributed by atoms with van der Waals surface area (Å²) in [5, 5.41) is 13.5. The number of carbonyl (C=O) groups is 1. The van der Waals surface area contributed by atoms with Crippen molar-refractivity contribution in [3.63, 3.8) is 0 Å². The largest absolute Gasteiger partial charge is 0.496 e. The van der Waals surface area contributed by atoms with Gasteiger partial charge in [-0.15, -0.1) is 11.3 Å². The number of carboxylic acids is 1. The van der Waals surface area contributed by atoms with Gasteiger partial charge >= 0.3 is 5.97 Å². The number of ether oxygens (including phenoxy) is 5. The Labute approximate surface area is 346 Å². The average Bonchev–Trinajstić information content (AvgIpc) is 3.66. The van der Waals surface area contributed by atoms with Crippen molar-refractivity contribution in [1.29, 1.82) is 0 Å². The monoisotopic (exact) mass is 824 g/mol. The molecule has 0 radical (unpaired) electrons. The number of aliphatic carboxylic acids is 1. The lowest BCUT2D eigenvalue weighted by molar-refractivity contribution is -0.145. The van der Waals surface area contributed by atoms with Crippen LogP contribution in [0.25, 0.3) is 22.5 Å². The zero-order chi connectivity index (χ0) is 40.8. The number of thiophene rings is 1. The molecule has 0 amide bonds. The molecule has 3 aliphatic rings. The van der Waals surface area contributed by atoms with E-state index in [2.05, 4.69) is 38.5 Å². The molecule has 8 rings (SSSR count). The molecule has 1 N–H and O–H groups in total. The van der Waals surface area contributed by atoms with E-state index >= 15 is 0 Å². The zero-order valence-electron chi connectivity index (χ0n) is 32.8. The van der Waals surface area contributed by atoms with E-state index in [4.69, 9.17) is 40.3 Å². The minimum Gasteiger partial charge on any atom is -0.496 e. The maximum atomic E-state index is 13.0. The predicted octanol–water partition coefficient (Wildman–Crippen LogP) is 7.23. The molecule has 1 fully saturated rings. The van der Waals surface area contributed by atoms with E-state index < -0.39 is 18.2 Å². The van der Waals surface area contributed by atoms with Crippen LogP contribution in [-0.4, -0.2) is 116 Å². The van der Waals surface area contributed by atoms with Gasteiger partial charge in [-0.3, -0.25) is 14.9 Å². The van der Waals surface area contributed by atoms with Crippen LogP contribution in [0.2, 0.25) is 5.02 Å². The number of halogens is 1. The first-order valence-electron chi connectivity index (χ1n) is 18.8. The molecule has 13 nitrogen and oxygen atoms in total. The highest BCUT2D eigenvalue weighted by molar-refractivity contribution is 7.14. The summed E-state index contributed by atoms with van der Waals surface area (Å²) in [6, 6.07) is 18.4. The minimum absolute atomic E-state index is 0.0725. The normalized spacial score (nSPS) is 18.3. The van der Waals surface area contributed by atoms with Gasteiger partial charge in [-0.1, -0.05) is 29.8 Å². The summed E-state index contributed by atoms with van der Waals surface area (Å²) in [7, 11) is 5.27. The summed E-state index contributed by atoms with van der Waals surface area (Å²) >= 11 is 8.42. The highest BCUT2D eigenvalue weighted by atomic mass is 35.5. The molecule has 0 aliphatic carbocycles. The number of para-hydroxylation sites is 1. The fourth-order valence-electron chi connectivity index (χ4n) is 6.99. The number of piperazine rings is 1. The van der Waals surface area contributed by atoms with Gasteiger partial charge in [0.15, 0.2) is 5.82 Å². The molecule has 0 unspecified atom stereocenters. The summed E-state index contributed by atoms with van der Waals surface area (Å²) in [4.78, 5) is 35.6. The molecular formula is C43H45ClN6O7S. The smallest absolute Gasteiger partial charge is 0.345 e. The number of likely N-dealkylation sites (N-methyl/N-ethyl adjacent to an activating group) is 1. The number of aromatic nitrogens is 2. The van der Waals surface area contributed by atoms with Crippen molar-refractivity contribution in [3.05, 3.63) is 99.6 Å². The number of methoxy groups -OCH3 is 1. The first kappa shape index (κ1) is 40.6. The van der Waals surface area contributed by atoms with Gasteiger partial charge in [-0.25, -0.2) is 14.8 Å². The number of hydrogen-bond donors (Lipinski definition) is 1. The average molecular weight is 825 g/mol. The van der Waals surface area contributed by atoms with Gasteiger partial charge in [-0.05, 0) is 74.3 Å². The summed E-state index contributed by atoms with van der Waals surface area (Å²) < 4.78 is 31.3. The van der Waals surface area contributed by atoms with Gasteiger partial charge in [0.2, 0.25) is 12.0 Å². The first-order valence-corrected chi connectivity index (χ1v) is 20.1. The third-order valence-corrected chi connectivity index (χ3v) is 11.5. The van der Waals surface area contributed by atoms with Gasteiger partial charge in [0, 0.05) is 68.9 Å². The molecule has 0 saturated carbocycles. The fraction of sp³-hybridized carbons (Fsp3) is 0.326. The topological polar surface area (TPSA) is 140 Å². The SMILES string of the molecule is C=Nc1scc2c1C(=NC)O[C@@H](C(=O)O)Cc1cc(ccc1OCc1ccnc(-c3ccccc3OC)n1)OC[C@@H](CN1CCN(C)CC1)Oc1ccc-2c(C)c1Cl. The van der Waals surface area contributed by atoms with Crippen molar-refractivity contribution in [2.45, 2.75) is 32.2 Å². The van der Waals surface area contributed by atoms with Crippen molar-refractivity contribution in [1.82, 2.24) is 19.8 Å². The van der Waals surface area contributed by atoms with Crippen molar-refractivity contribution in [3.8, 4) is 45.5 Å². The van der Waals surface area contributed by atoms with Crippen molar-refractivity contribution >= 4 is 46.5 Å². The molecule has 4 bridgehead atoms. The van der Waals surface area contributed by atoms with E-state index in [1.165, 1.54) is 11.3 Å². The Kier molecular flexibility index (Phi) is 12.9. The van der Waals surface area contributed by atoms with Crippen LogP contribution in [0.1, 0.15) is 22.4 Å². The quantitative estimate of drug-likeness (QED) is 0.151. The molecule has 2 atom stereocenters. The molecule has 2 aromatic heterocycles. The summed E-state index contributed by atoms with van der Waals surface area (Å²) in [6.45, 7) is 10.3. The standard InChI is InChI=1S/C43H45ClN6O7S/c1-26-31-11-13-36(39(26)44)56-30(22-50-18-16-49(4)17-19-50)24-54-29-10-12-34(55-23-28-14-15-47-40(48-28)32-8-6-7-9-35(32)53-5)27(20-29)21-37(43(51)52)57-41(45-2)38-33(31)25-58-42(38)46-3/h6-15,20,25,30,37H,3,16-19,21-24H2,1-2,4-5H3,(H,51,52)/t30-,37-/m1/s1. The fourth-order valence-corrected chi connectivity index (χ4v) is 8.07. The van der Waals surface area contributed by atoms with E-state index in [-0.39, 0.29) is 25.5 Å². The molecular weight excluding hydrogens is 780 g/mol. The van der Waals surface area contributed by atoms with Crippen LogP contribution in [-0.2, 0) is 22.6 Å². The molecule has 58 heavy (non-hydrogen) atoms. The number of hydrogen-bond acceptors (Lipinski definition) is 13. The van der Waals surface area contributed by atoms with Gasteiger partial charge in [0.25, 0.3) is 0 Å². The summed E-state index contributed by atoms with van der Waals surface area (Å²) in [5.41, 5.74) is 4.71. The number of benzene rings is 3. The number of carboxylic acid groups (broad SMARTS) is 1. The predicted molar refractivity (Wildman–Crippen MR) is 226 cm³/mol. The highest BCUT2D eigenvalue weighted by Gasteiger charge is 2.30. The Balaban J connectivity index is 1.26. The van der Waals surface area contributed by atoms with Crippen molar-refractivity contribution < 1.29 is 33.6 Å². The Morgan fingerprint density at radius 2 is 1.86 bits per heavy atom. The van der Waals surface area contributed by atoms with E-state index in [9.17, 15) is 9.90 Å². The molecule has 15 heteroatoms. The van der Waals surface area contributed by atoms with E-state index in [0.29, 0.717) is 62.2 Å².